The summed E-state index contributed by atoms with van der Waals surface area (Å²) in [6.07, 6.45) is 1.53. The van der Waals surface area contributed by atoms with Gasteiger partial charge in [-0.25, -0.2) is 5.84 Å². The van der Waals surface area contributed by atoms with Crippen molar-refractivity contribution < 1.29 is 14.5 Å². The number of hydrogen-bond acceptors (Lipinski definition) is 6. The number of nitrogens with one attached hydrogen (secondary N) is 1. The highest BCUT2D eigenvalue weighted by Gasteiger charge is 2.14. The number of nitrogens with two attached hydrogens (primary N) is 1. The molecule has 98 valence electrons. The van der Waals surface area contributed by atoms with E-state index >= 15 is 0 Å². The highest BCUT2D eigenvalue weighted by atomic mass is 16.6. The van der Waals surface area contributed by atoms with Gasteiger partial charge in [0.25, 0.3) is 11.6 Å². The van der Waals surface area contributed by atoms with Gasteiger partial charge in [0, 0.05) is 17.6 Å². The van der Waals surface area contributed by atoms with Crippen molar-refractivity contribution in [1.82, 2.24) is 10.4 Å². The van der Waals surface area contributed by atoms with Crippen molar-refractivity contribution in [3.8, 4) is 5.75 Å². The van der Waals surface area contributed by atoms with Crippen molar-refractivity contribution in [2.75, 3.05) is 6.61 Å². The van der Waals surface area contributed by atoms with Crippen LogP contribution in [0.15, 0.2) is 30.5 Å². The SMILES string of the molecule is NNC(=O)COc1cc([N+](=O)[O-])cc2cccnc12. The number of nitro benzene ring substituents is 1. The normalized spacial score (nSPS) is 10.2. The predicted molar refractivity (Wildman–Crippen MR) is 66.2 cm³/mol. The minimum Gasteiger partial charge on any atom is -0.481 e. The fourth-order valence-corrected chi connectivity index (χ4v) is 1.54. The first-order valence-electron chi connectivity index (χ1n) is 5.27. The molecule has 0 spiro atoms. The van der Waals surface area contributed by atoms with Gasteiger partial charge in [-0.05, 0) is 6.07 Å². The first-order chi connectivity index (χ1) is 9.11. The minimum absolute atomic E-state index is 0.136. The van der Waals surface area contributed by atoms with Crippen LogP contribution in [-0.2, 0) is 4.79 Å². The molecule has 2 rings (SSSR count). The van der Waals surface area contributed by atoms with E-state index in [4.69, 9.17) is 10.6 Å². The Morgan fingerprint density at radius 3 is 3.00 bits per heavy atom. The molecule has 0 bridgehead atoms. The second-order valence-corrected chi connectivity index (χ2v) is 3.63. The van der Waals surface area contributed by atoms with Crippen LogP contribution in [0.3, 0.4) is 0 Å². The highest BCUT2D eigenvalue weighted by molar-refractivity contribution is 5.87. The summed E-state index contributed by atoms with van der Waals surface area (Å²) in [4.78, 5) is 25.4. The van der Waals surface area contributed by atoms with Gasteiger partial charge in [-0.3, -0.25) is 25.3 Å². The monoisotopic (exact) mass is 262 g/mol. The number of amides is 1. The van der Waals surface area contributed by atoms with Crippen LogP contribution in [-0.4, -0.2) is 22.4 Å². The fourth-order valence-electron chi connectivity index (χ4n) is 1.54. The average molecular weight is 262 g/mol. The van der Waals surface area contributed by atoms with Gasteiger partial charge >= 0.3 is 0 Å². The van der Waals surface area contributed by atoms with Gasteiger partial charge in [0.05, 0.1) is 11.0 Å². The molecule has 2 aromatic rings. The number of aromatic nitrogens is 1. The molecule has 0 aliphatic heterocycles. The molecule has 3 N–H and O–H groups in total. The summed E-state index contributed by atoms with van der Waals surface area (Å²) < 4.78 is 5.20. The van der Waals surface area contributed by atoms with Crippen molar-refractivity contribution in [2.45, 2.75) is 0 Å². The Morgan fingerprint density at radius 1 is 1.53 bits per heavy atom. The van der Waals surface area contributed by atoms with Crippen LogP contribution in [0, 0.1) is 10.1 Å². The van der Waals surface area contributed by atoms with E-state index in [1.807, 2.05) is 5.43 Å². The lowest BCUT2D eigenvalue weighted by molar-refractivity contribution is -0.384. The molecule has 1 aromatic carbocycles. The van der Waals surface area contributed by atoms with E-state index < -0.39 is 10.8 Å². The third kappa shape index (κ3) is 2.75. The number of benzene rings is 1. The Labute approximate surface area is 107 Å². The van der Waals surface area contributed by atoms with Gasteiger partial charge < -0.3 is 4.74 Å². The van der Waals surface area contributed by atoms with Gasteiger partial charge in [0.2, 0.25) is 0 Å². The number of non-ortho nitro benzene ring substituents is 1. The van der Waals surface area contributed by atoms with Crippen LogP contribution in [0.25, 0.3) is 10.9 Å². The molecule has 0 unspecified atom stereocenters. The third-order valence-electron chi connectivity index (χ3n) is 2.39. The summed E-state index contributed by atoms with van der Waals surface area (Å²) >= 11 is 0. The molecule has 0 saturated heterocycles. The molecular weight excluding hydrogens is 252 g/mol. The first-order valence-corrected chi connectivity index (χ1v) is 5.27. The van der Waals surface area contributed by atoms with Crippen molar-refractivity contribution in [3.63, 3.8) is 0 Å². The Bertz CT molecular complexity index is 644. The van der Waals surface area contributed by atoms with Crippen molar-refractivity contribution in [3.05, 3.63) is 40.6 Å². The van der Waals surface area contributed by atoms with Crippen LogP contribution in [0.2, 0.25) is 0 Å². The maximum atomic E-state index is 11.0. The maximum Gasteiger partial charge on any atom is 0.273 e. The summed E-state index contributed by atoms with van der Waals surface area (Å²) in [7, 11) is 0. The zero-order valence-electron chi connectivity index (χ0n) is 9.70. The molecule has 0 atom stereocenters. The lowest BCUT2D eigenvalue weighted by Gasteiger charge is -2.07. The molecule has 1 amide bonds. The van der Waals surface area contributed by atoms with Gasteiger partial charge in [0.1, 0.15) is 5.52 Å². The number of carbonyl (C=O) groups excluding carboxylic acids is 1. The second-order valence-electron chi connectivity index (χ2n) is 3.63. The van der Waals surface area contributed by atoms with Crippen LogP contribution < -0.4 is 16.0 Å². The van der Waals surface area contributed by atoms with E-state index in [9.17, 15) is 14.9 Å². The van der Waals surface area contributed by atoms with Crippen molar-refractivity contribution in [1.29, 1.82) is 0 Å². The van der Waals surface area contributed by atoms with Crippen LogP contribution in [0.5, 0.6) is 5.75 Å². The lowest BCUT2D eigenvalue weighted by Crippen LogP contribution is -2.34. The van der Waals surface area contributed by atoms with Crippen LogP contribution in [0.4, 0.5) is 5.69 Å². The number of carbonyl (C=O) groups is 1. The smallest absolute Gasteiger partial charge is 0.273 e. The van der Waals surface area contributed by atoms with E-state index in [1.54, 1.807) is 12.1 Å². The molecule has 0 radical (unpaired) electrons. The Hall–Kier alpha value is -2.74. The van der Waals surface area contributed by atoms with Crippen molar-refractivity contribution in [2.24, 2.45) is 5.84 Å². The number of hydrogen-bond donors (Lipinski definition) is 2. The van der Waals surface area contributed by atoms with Crippen LogP contribution >= 0.6 is 0 Å². The van der Waals surface area contributed by atoms with E-state index in [0.717, 1.165) is 0 Å². The third-order valence-corrected chi connectivity index (χ3v) is 2.39. The summed E-state index contributed by atoms with van der Waals surface area (Å²) in [5, 5.41) is 11.4. The summed E-state index contributed by atoms with van der Waals surface area (Å²) in [6, 6.07) is 5.94. The summed E-state index contributed by atoms with van der Waals surface area (Å²) in [5.41, 5.74) is 2.21. The molecule has 1 heterocycles. The minimum atomic E-state index is -0.546. The molecular formula is C11H10N4O4. The average Bonchev–Trinajstić information content (AvgIpc) is 2.43. The molecule has 0 aliphatic carbocycles. The second kappa shape index (κ2) is 5.27. The maximum absolute atomic E-state index is 11.0. The fraction of sp³-hybridized carbons (Fsp3) is 0.0909. The molecule has 1 aromatic heterocycles. The Kier molecular flexibility index (Phi) is 3.53. The van der Waals surface area contributed by atoms with E-state index in [0.29, 0.717) is 10.9 Å². The zero-order valence-corrected chi connectivity index (χ0v) is 9.70. The number of hydrazine groups is 1. The lowest BCUT2D eigenvalue weighted by atomic mass is 10.2. The van der Waals surface area contributed by atoms with E-state index in [-0.39, 0.29) is 18.0 Å². The van der Waals surface area contributed by atoms with E-state index in [2.05, 4.69) is 4.98 Å². The number of rotatable bonds is 4. The molecule has 0 aliphatic rings. The van der Waals surface area contributed by atoms with Gasteiger partial charge in [-0.2, -0.15) is 0 Å². The van der Waals surface area contributed by atoms with Gasteiger partial charge in [-0.1, -0.05) is 6.07 Å². The highest BCUT2D eigenvalue weighted by Crippen LogP contribution is 2.29. The topological polar surface area (TPSA) is 120 Å². The zero-order chi connectivity index (χ0) is 13.8. The largest absolute Gasteiger partial charge is 0.481 e. The number of nitro groups is 1. The first kappa shape index (κ1) is 12.7. The molecule has 0 saturated carbocycles. The molecule has 0 fully saturated rings. The van der Waals surface area contributed by atoms with Gasteiger partial charge in [-0.15, -0.1) is 0 Å². The number of nitrogens with zero attached hydrogens (tertiary/aromatic N) is 2. The van der Waals surface area contributed by atoms with E-state index in [1.165, 1.54) is 18.3 Å². The van der Waals surface area contributed by atoms with Gasteiger partial charge in [0.15, 0.2) is 12.4 Å². The summed E-state index contributed by atoms with van der Waals surface area (Å²) in [6.45, 7) is -0.344. The number of fused-ring (bicyclic) bond motifs is 1. The molecule has 8 nitrogen and oxygen atoms in total. The summed E-state index contributed by atoms with van der Waals surface area (Å²) in [5.74, 6) is 4.54. The quantitative estimate of drug-likeness (QED) is 0.358. The molecule has 19 heavy (non-hydrogen) atoms. The predicted octanol–water partition coefficient (Wildman–Crippen LogP) is 0.512. The number of pyridine rings is 1. The Balaban J connectivity index is 2.44. The van der Waals surface area contributed by atoms with Crippen molar-refractivity contribution >= 4 is 22.5 Å². The Morgan fingerprint density at radius 2 is 2.32 bits per heavy atom. The van der Waals surface area contributed by atoms with Crippen LogP contribution in [0.1, 0.15) is 0 Å². The number of ether oxygens (including phenoxy) is 1. The molecule has 8 heteroatoms. The standard InChI is InChI=1S/C11H10N4O4/c12-14-10(16)6-19-9-5-8(15(17)18)4-7-2-1-3-13-11(7)9/h1-5H,6,12H2,(H,14,16).